The van der Waals surface area contributed by atoms with E-state index in [0.29, 0.717) is 18.4 Å². The topological polar surface area (TPSA) is 168 Å². The maximum atomic E-state index is 12.8. The van der Waals surface area contributed by atoms with E-state index in [1.54, 1.807) is 0 Å². The normalized spacial score (nSPS) is 17.3. The number of carbonyl (C=O) groups is 3. The Morgan fingerprint density at radius 2 is 1.93 bits per heavy atom. The molecule has 0 aliphatic heterocycles. The zero-order valence-corrected chi connectivity index (χ0v) is 16.5. The van der Waals surface area contributed by atoms with Gasteiger partial charge in [0.2, 0.25) is 0 Å². The van der Waals surface area contributed by atoms with Crippen molar-refractivity contribution in [2.45, 2.75) is 50.9 Å². The van der Waals surface area contributed by atoms with E-state index in [1.165, 1.54) is 24.3 Å². The van der Waals surface area contributed by atoms with E-state index < -0.39 is 40.6 Å². The average Bonchev–Trinajstić information content (AvgIpc) is 2.71. The molecule has 0 spiro atoms. The molecular weight excluding hydrogens is 400 g/mol. The van der Waals surface area contributed by atoms with Gasteiger partial charge in [-0.25, -0.2) is 9.59 Å². The monoisotopic (exact) mass is 424 g/mol. The smallest absolute Gasteiger partial charge is 0.366 e. The summed E-state index contributed by atoms with van der Waals surface area (Å²) < 4.78 is 10.2. The number of aliphatic carboxylic acids is 1. The van der Waals surface area contributed by atoms with Gasteiger partial charge >= 0.3 is 17.9 Å². The Kier molecular flexibility index (Phi) is 7.33. The van der Waals surface area contributed by atoms with Crippen LogP contribution < -0.4 is 5.73 Å². The van der Waals surface area contributed by atoms with Crippen LogP contribution in [0.5, 0.6) is 0 Å². The van der Waals surface area contributed by atoms with Crippen LogP contribution in [0.4, 0.5) is 0 Å². The molecule has 30 heavy (non-hydrogen) atoms. The van der Waals surface area contributed by atoms with E-state index in [1.807, 2.05) is 0 Å². The summed E-state index contributed by atoms with van der Waals surface area (Å²) in [5.74, 6) is -3.21. The van der Waals surface area contributed by atoms with Crippen LogP contribution in [0.2, 0.25) is 0 Å². The number of benzene rings is 1. The lowest BCUT2D eigenvalue weighted by molar-refractivity contribution is -0.763. The maximum absolute atomic E-state index is 12.8. The lowest BCUT2D eigenvalue weighted by Crippen LogP contribution is -2.65. The molecule has 1 aliphatic rings. The molecule has 0 radical (unpaired) electrons. The van der Waals surface area contributed by atoms with Crippen LogP contribution in [-0.2, 0) is 30.5 Å². The predicted octanol–water partition coefficient (Wildman–Crippen LogP) is 1.80. The van der Waals surface area contributed by atoms with Gasteiger partial charge < -0.3 is 19.4 Å². The van der Waals surface area contributed by atoms with E-state index >= 15 is 0 Å². The molecule has 0 amide bonds. The third-order valence-corrected chi connectivity index (χ3v) is 5.33. The second-order valence-electron chi connectivity index (χ2n) is 7.23. The van der Waals surface area contributed by atoms with E-state index in [0.717, 1.165) is 13.5 Å². The Labute approximate surface area is 172 Å². The lowest BCUT2D eigenvalue weighted by atomic mass is 9.65. The Morgan fingerprint density at radius 1 is 1.27 bits per heavy atom. The highest BCUT2D eigenvalue weighted by Gasteiger charge is 2.59. The van der Waals surface area contributed by atoms with E-state index in [-0.39, 0.29) is 25.0 Å². The molecule has 0 aromatic heterocycles. The molecule has 1 aromatic rings. The van der Waals surface area contributed by atoms with Gasteiger partial charge in [-0.05, 0) is 30.5 Å². The molecule has 3 N–H and O–H groups in total. The Balaban J connectivity index is 2.36. The molecule has 0 heterocycles. The summed E-state index contributed by atoms with van der Waals surface area (Å²) in [5, 5.41) is 18.8. The van der Waals surface area contributed by atoms with Gasteiger partial charge in [0.25, 0.3) is 10.8 Å². The molecule has 1 aromatic carbocycles. The number of carboxylic acids is 1. The van der Waals surface area contributed by atoms with Crippen LogP contribution in [0, 0.1) is 15.5 Å². The summed E-state index contributed by atoms with van der Waals surface area (Å²) in [6.45, 7) is -0.387. The summed E-state index contributed by atoms with van der Waals surface area (Å²) in [7, 11) is 1.07. The summed E-state index contributed by atoms with van der Waals surface area (Å²) >= 11 is 0. The SMILES string of the molecule is COC(=O)C(N)(OC(=O)c1cccc(CO[N+](=O)[O-])c1)C1(CC(=O)O)CCCCC1. The fraction of sp³-hybridized carbons (Fsp3) is 0.526. The number of rotatable bonds is 9. The summed E-state index contributed by atoms with van der Waals surface area (Å²) in [4.78, 5) is 51.6. The quantitative estimate of drug-likeness (QED) is 0.258. The van der Waals surface area contributed by atoms with Crippen LogP contribution >= 0.6 is 0 Å². The van der Waals surface area contributed by atoms with Gasteiger partial charge in [0.15, 0.2) is 0 Å². The zero-order valence-electron chi connectivity index (χ0n) is 16.5. The number of carbonyl (C=O) groups excluding carboxylic acids is 2. The second-order valence-corrected chi connectivity index (χ2v) is 7.23. The van der Waals surface area contributed by atoms with E-state index in [9.17, 15) is 29.6 Å². The minimum Gasteiger partial charge on any atom is -0.481 e. The number of hydrogen-bond acceptors (Lipinski definition) is 9. The molecule has 164 valence electrons. The highest BCUT2D eigenvalue weighted by atomic mass is 16.9. The fourth-order valence-corrected chi connectivity index (χ4v) is 3.84. The van der Waals surface area contributed by atoms with Crippen molar-refractivity contribution in [3.63, 3.8) is 0 Å². The summed E-state index contributed by atoms with van der Waals surface area (Å²) in [5.41, 5.74) is 2.94. The molecule has 0 bridgehead atoms. The van der Waals surface area contributed by atoms with Crippen LogP contribution in [-0.4, -0.2) is 40.9 Å². The van der Waals surface area contributed by atoms with Crippen LogP contribution in [0.1, 0.15) is 54.4 Å². The van der Waals surface area contributed by atoms with Gasteiger partial charge in [0.05, 0.1) is 19.1 Å². The molecular formula is C19H24N2O9. The van der Waals surface area contributed by atoms with Gasteiger partial charge in [-0.2, -0.15) is 0 Å². The second kappa shape index (κ2) is 9.53. The van der Waals surface area contributed by atoms with Crippen LogP contribution in [0.15, 0.2) is 24.3 Å². The van der Waals surface area contributed by atoms with Crippen molar-refractivity contribution in [1.82, 2.24) is 0 Å². The highest BCUT2D eigenvalue weighted by Crippen LogP contribution is 2.48. The van der Waals surface area contributed by atoms with Crippen molar-refractivity contribution in [3.05, 3.63) is 45.5 Å². The van der Waals surface area contributed by atoms with Gasteiger partial charge in [-0.3, -0.25) is 10.5 Å². The molecule has 1 saturated carbocycles. The van der Waals surface area contributed by atoms with Crippen molar-refractivity contribution < 1.29 is 38.9 Å². The van der Waals surface area contributed by atoms with Crippen LogP contribution in [0.25, 0.3) is 0 Å². The third-order valence-electron chi connectivity index (χ3n) is 5.33. The van der Waals surface area contributed by atoms with E-state index in [2.05, 4.69) is 4.84 Å². The minimum absolute atomic E-state index is 0.0283. The Hall–Kier alpha value is -3.21. The van der Waals surface area contributed by atoms with Gasteiger partial charge in [0, 0.05) is 5.41 Å². The number of carboxylic acid groups (broad SMARTS) is 1. The first kappa shape index (κ1) is 23.1. The van der Waals surface area contributed by atoms with Crippen molar-refractivity contribution in [2.75, 3.05) is 7.11 Å². The molecule has 1 unspecified atom stereocenters. The Morgan fingerprint density at radius 3 is 2.50 bits per heavy atom. The fourth-order valence-electron chi connectivity index (χ4n) is 3.84. The number of esters is 2. The molecule has 2 rings (SSSR count). The minimum atomic E-state index is -2.31. The van der Waals surface area contributed by atoms with Gasteiger partial charge in [-0.1, -0.05) is 31.4 Å². The lowest BCUT2D eigenvalue weighted by Gasteiger charge is -2.46. The van der Waals surface area contributed by atoms with Crippen molar-refractivity contribution in [2.24, 2.45) is 11.1 Å². The number of nitrogens with two attached hydrogens (primary N) is 1. The number of hydrogen-bond donors (Lipinski definition) is 2. The van der Waals surface area contributed by atoms with Crippen LogP contribution in [0.3, 0.4) is 0 Å². The summed E-state index contributed by atoms with van der Waals surface area (Å²) in [6, 6.07) is 5.64. The molecule has 11 nitrogen and oxygen atoms in total. The maximum Gasteiger partial charge on any atom is 0.366 e. The number of nitrogens with zero attached hydrogens (tertiary/aromatic N) is 1. The van der Waals surface area contributed by atoms with Gasteiger partial charge in [0.1, 0.15) is 6.61 Å². The molecule has 1 atom stereocenters. The third kappa shape index (κ3) is 5.03. The molecule has 11 heteroatoms. The van der Waals surface area contributed by atoms with E-state index in [4.69, 9.17) is 15.2 Å². The molecule has 1 aliphatic carbocycles. The van der Waals surface area contributed by atoms with Crippen molar-refractivity contribution in [1.29, 1.82) is 0 Å². The first-order valence-corrected chi connectivity index (χ1v) is 9.32. The van der Waals surface area contributed by atoms with Crippen molar-refractivity contribution in [3.8, 4) is 0 Å². The number of methoxy groups -OCH3 is 1. The van der Waals surface area contributed by atoms with Crippen molar-refractivity contribution >= 4 is 17.9 Å². The summed E-state index contributed by atoms with van der Waals surface area (Å²) in [6.07, 6.45) is 2.15. The largest absolute Gasteiger partial charge is 0.481 e. The first-order valence-electron chi connectivity index (χ1n) is 9.32. The first-order chi connectivity index (χ1) is 14.1. The highest BCUT2D eigenvalue weighted by molar-refractivity contribution is 5.93. The van der Waals surface area contributed by atoms with Gasteiger partial charge in [-0.15, -0.1) is 10.1 Å². The Bertz CT molecular complexity index is 820. The predicted molar refractivity (Wildman–Crippen MR) is 100 cm³/mol. The standard InChI is InChI=1S/C19H24N2O9/c1-28-17(25)19(20,18(11-15(22)23)8-3-2-4-9-18)30-16(24)14-7-5-6-13(10-14)12-29-21(26)27/h5-7,10H,2-4,8-9,11-12,20H2,1H3,(H,22,23). The molecule has 1 fully saturated rings. The number of ether oxygens (including phenoxy) is 2. The molecule has 0 saturated heterocycles. The average molecular weight is 424 g/mol. The zero-order chi connectivity index (χ0) is 22.4.